The van der Waals surface area contributed by atoms with Crippen molar-refractivity contribution in [3.05, 3.63) is 47.8 Å². The first kappa shape index (κ1) is 16.8. The average Bonchev–Trinajstić information content (AvgIpc) is 3.05. The Balaban J connectivity index is 1.50. The summed E-state index contributed by atoms with van der Waals surface area (Å²) in [5, 5.41) is 4.32. The van der Waals surface area contributed by atoms with Crippen LogP contribution >= 0.6 is 0 Å². The molecule has 136 valence electrons. The summed E-state index contributed by atoms with van der Waals surface area (Å²) in [6.45, 7) is 3.98. The third kappa shape index (κ3) is 3.00. The van der Waals surface area contributed by atoms with E-state index in [4.69, 9.17) is 4.74 Å². The van der Waals surface area contributed by atoms with Crippen molar-refractivity contribution < 1.29 is 14.3 Å². The Morgan fingerprint density at radius 3 is 2.88 bits per heavy atom. The van der Waals surface area contributed by atoms with E-state index in [0.29, 0.717) is 42.9 Å². The SMILES string of the molecule is CCn1ccc(C(=O)N2CCCC3(CC2)CC(=O)c2ccccc2O3)n1. The molecule has 3 heterocycles. The number of nitrogens with zero attached hydrogens (tertiary/aromatic N) is 3. The molecule has 2 aliphatic rings. The van der Waals surface area contributed by atoms with Gasteiger partial charge in [0.1, 0.15) is 17.0 Å². The highest BCUT2D eigenvalue weighted by Gasteiger charge is 2.42. The molecule has 6 heteroatoms. The zero-order valence-electron chi connectivity index (χ0n) is 15.0. The highest BCUT2D eigenvalue weighted by Crippen LogP contribution is 2.39. The van der Waals surface area contributed by atoms with Crippen LogP contribution in [0.1, 0.15) is 53.5 Å². The molecule has 1 aromatic heterocycles. The Bertz CT molecular complexity index is 844. The van der Waals surface area contributed by atoms with Crippen molar-refractivity contribution >= 4 is 11.7 Å². The molecule has 0 saturated carbocycles. The lowest BCUT2D eigenvalue weighted by atomic mass is 9.84. The molecule has 2 aliphatic heterocycles. The van der Waals surface area contributed by atoms with Gasteiger partial charge < -0.3 is 9.64 Å². The maximum atomic E-state index is 12.8. The number of aromatic nitrogens is 2. The van der Waals surface area contributed by atoms with Crippen LogP contribution in [0.15, 0.2) is 36.5 Å². The molecule has 1 atom stereocenters. The van der Waals surface area contributed by atoms with Gasteiger partial charge in [-0.2, -0.15) is 5.10 Å². The van der Waals surface area contributed by atoms with Gasteiger partial charge in [0.25, 0.3) is 5.91 Å². The number of carbonyl (C=O) groups is 2. The van der Waals surface area contributed by atoms with Crippen LogP contribution in [0.2, 0.25) is 0 Å². The minimum absolute atomic E-state index is 0.0446. The lowest BCUT2D eigenvalue weighted by molar-refractivity contribution is 0.0300. The summed E-state index contributed by atoms with van der Waals surface area (Å²) in [5.74, 6) is 0.760. The topological polar surface area (TPSA) is 64.4 Å². The number of ether oxygens (including phenoxy) is 1. The highest BCUT2D eigenvalue weighted by molar-refractivity contribution is 6.00. The van der Waals surface area contributed by atoms with Crippen LogP contribution < -0.4 is 4.74 Å². The fourth-order valence-electron chi connectivity index (χ4n) is 3.91. The van der Waals surface area contributed by atoms with E-state index in [1.54, 1.807) is 10.7 Å². The van der Waals surface area contributed by atoms with Crippen molar-refractivity contribution in [3.63, 3.8) is 0 Å². The van der Waals surface area contributed by atoms with Crippen molar-refractivity contribution in [1.29, 1.82) is 0 Å². The fourth-order valence-corrected chi connectivity index (χ4v) is 3.91. The minimum atomic E-state index is -0.497. The summed E-state index contributed by atoms with van der Waals surface area (Å²) >= 11 is 0. The molecule has 0 N–H and O–H groups in total. The molecule has 1 unspecified atom stereocenters. The van der Waals surface area contributed by atoms with E-state index in [2.05, 4.69) is 5.10 Å². The molecule has 6 nitrogen and oxygen atoms in total. The summed E-state index contributed by atoms with van der Waals surface area (Å²) in [7, 11) is 0. The Kier molecular flexibility index (Phi) is 4.26. The van der Waals surface area contributed by atoms with Crippen LogP contribution in [-0.4, -0.2) is 45.1 Å². The second-order valence-corrected chi connectivity index (χ2v) is 7.08. The number of rotatable bonds is 2. The van der Waals surface area contributed by atoms with Gasteiger partial charge in [0.05, 0.1) is 12.0 Å². The maximum Gasteiger partial charge on any atom is 0.274 e. The van der Waals surface area contributed by atoms with Gasteiger partial charge >= 0.3 is 0 Å². The largest absolute Gasteiger partial charge is 0.486 e. The van der Waals surface area contributed by atoms with Crippen molar-refractivity contribution in [1.82, 2.24) is 14.7 Å². The van der Waals surface area contributed by atoms with Gasteiger partial charge in [0.15, 0.2) is 5.78 Å². The van der Waals surface area contributed by atoms with Gasteiger partial charge in [-0.3, -0.25) is 14.3 Å². The van der Waals surface area contributed by atoms with Crippen LogP contribution in [0.25, 0.3) is 0 Å². The van der Waals surface area contributed by atoms with E-state index in [1.165, 1.54) is 0 Å². The number of hydrogen-bond donors (Lipinski definition) is 0. The lowest BCUT2D eigenvalue weighted by Crippen LogP contribution is -2.43. The van der Waals surface area contributed by atoms with Crippen LogP contribution in [0.5, 0.6) is 5.75 Å². The minimum Gasteiger partial charge on any atom is -0.486 e. The van der Waals surface area contributed by atoms with Gasteiger partial charge in [-0.1, -0.05) is 12.1 Å². The number of amides is 1. The lowest BCUT2D eigenvalue weighted by Gasteiger charge is -2.37. The molecule has 1 saturated heterocycles. The van der Waals surface area contributed by atoms with E-state index in [1.807, 2.05) is 42.3 Å². The maximum absolute atomic E-state index is 12.8. The van der Waals surface area contributed by atoms with Gasteiger partial charge in [-0.05, 0) is 38.0 Å². The Hall–Kier alpha value is -2.63. The zero-order valence-corrected chi connectivity index (χ0v) is 15.0. The van der Waals surface area contributed by atoms with E-state index >= 15 is 0 Å². The summed E-state index contributed by atoms with van der Waals surface area (Å²) in [6, 6.07) is 9.20. The monoisotopic (exact) mass is 353 g/mol. The first-order chi connectivity index (χ1) is 12.6. The number of aryl methyl sites for hydroxylation is 1. The third-order valence-corrected chi connectivity index (χ3v) is 5.37. The van der Waals surface area contributed by atoms with Crippen LogP contribution in [0.3, 0.4) is 0 Å². The van der Waals surface area contributed by atoms with Crippen molar-refractivity contribution in [2.24, 2.45) is 0 Å². The standard InChI is InChI=1S/C20H23N3O3/c1-2-23-12-8-16(21-23)19(25)22-11-5-9-20(10-13-22)14-17(24)15-6-3-4-7-18(15)26-20/h3-4,6-8,12H,2,5,9-11,13-14H2,1H3. The Morgan fingerprint density at radius 1 is 1.23 bits per heavy atom. The van der Waals surface area contributed by atoms with Crippen LogP contribution in [0.4, 0.5) is 0 Å². The molecule has 1 amide bonds. The van der Waals surface area contributed by atoms with Gasteiger partial charge in [-0.25, -0.2) is 0 Å². The third-order valence-electron chi connectivity index (χ3n) is 5.37. The average molecular weight is 353 g/mol. The molecule has 2 aromatic rings. The number of likely N-dealkylation sites (tertiary alicyclic amines) is 1. The van der Waals surface area contributed by atoms with Crippen molar-refractivity contribution in [2.45, 2.75) is 44.8 Å². The molecule has 26 heavy (non-hydrogen) atoms. The first-order valence-electron chi connectivity index (χ1n) is 9.24. The molecule has 0 aliphatic carbocycles. The van der Waals surface area contributed by atoms with E-state index < -0.39 is 5.60 Å². The Labute approximate surface area is 152 Å². The quantitative estimate of drug-likeness (QED) is 0.833. The number of Topliss-reactive ketones (excluding diaryl/α,β-unsaturated/α-hetero) is 1. The van der Waals surface area contributed by atoms with Crippen LogP contribution in [-0.2, 0) is 6.54 Å². The van der Waals surface area contributed by atoms with Gasteiger partial charge in [0, 0.05) is 32.3 Å². The van der Waals surface area contributed by atoms with E-state index in [-0.39, 0.29) is 11.7 Å². The summed E-state index contributed by atoms with van der Waals surface area (Å²) in [6.07, 6.45) is 4.46. The van der Waals surface area contributed by atoms with Gasteiger partial charge in [-0.15, -0.1) is 0 Å². The Morgan fingerprint density at radius 2 is 2.08 bits per heavy atom. The molecule has 1 fully saturated rings. The number of hydrogen-bond acceptors (Lipinski definition) is 4. The predicted molar refractivity (Wildman–Crippen MR) is 96.4 cm³/mol. The first-order valence-corrected chi connectivity index (χ1v) is 9.24. The summed E-state index contributed by atoms with van der Waals surface area (Å²) in [4.78, 5) is 27.2. The van der Waals surface area contributed by atoms with E-state index in [9.17, 15) is 9.59 Å². The molecule has 0 bridgehead atoms. The normalized spacial score (nSPS) is 22.7. The van der Waals surface area contributed by atoms with Gasteiger partial charge in [0.2, 0.25) is 0 Å². The molecule has 0 radical (unpaired) electrons. The van der Waals surface area contributed by atoms with Crippen LogP contribution in [0, 0.1) is 0 Å². The number of carbonyl (C=O) groups excluding carboxylic acids is 2. The van der Waals surface area contributed by atoms with E-state index in [0.717, 1.165) is 19.4 Å². The fraction of sp³-hybridized carbons (Fsp3) is 0.450. The smallest absolute Gasteiger partial charge is 0.274 e. The van der Waals surface area contributed by atoms with Crippen molar-refractivity contribution in [3.8, 4) is 5.75 Å². The molecular weight excluding hydrogens is 330 g/mol. The number of benzene rings is 1. The van der Waals surface area contributed by atoms with Crippen molar-refractivity contribution in [2.75, 3.05) is 13.1 Å². The molecular formula is C20H23N3O3. The second-order valence-electron chi connectivity index (χ2n) is 7.08. The zero-order chi connectivity index (χ0) is 18.1. The number of para-hydroxylation sites is 1. The number of fused-ring (bicyclic) bond motifs is 1. The summed E-state index contributed by atoms with van der Waals surface area (Å²) in [5.41, 5.74) is 0.651. The second kappa shape index (κ2) is 6.59. The summed E-state index contributed by atoms with van der Waals surface area (Å²) < 4.78 is 8.04. The molecule has 1 aromatic carbocycles. The number of ketones is 1. The molecule has 4 rings (SSSR count). The molecule has 1 spiro atoms. The highest BCUT2D eigenvalue weighted by atomic mass is 16.5. The predicted octanol–water partition coefficient (Wildman–Crippen LogP) is 2.93.